The molecule has 0 saturated carbocycles. The first-order chi connectivity index (χ1) is 52.9. The number of aromatic nitrogens is 5. The van der Waals surface area contributed by atoms with E-state index in [1.54, 1.807) is 122 Å². The Balaban J connectivity index is 0.000000151. The lowest BCUT2D eigenvalue weighted by atomic mass is 10.1. The Bertz CT molecular complexity index is 6410. The average molecular weight is 1630 g/mol. The lowest BCUT2D eigenvalue weighted by Gasteiger charge is -2.18. The highest BCUT2D eigenvalue weighted by molar-refractivity contribution is 9.10. The van der Waals surface area contributed by atoms with E-state index in [9.17, 15) is 77.1 Å². The molecule has 0 atom stereocenters. The Hall–Kier alpha value is -11.7. The van der Waals surface area contributed by atoms with Gasteiger partial charge in [0.25, 0.3) is 27.8 Å². The maximum absolute atomic E-state index is 13.8. The second kappa shape index (κ2) is 34.5. The number of rotatable bonds is 16. The Morgan fingerprint density at radius 2 is 0.703 bits per heavy atom. The van der Waals surface area contributed by atoms with Crippen molar-refractivity contribution in [1.82, 2.24) is 22.8 Å². The van der Waals surface area contributed by atoms with Crippen LogP contribution in [0.25, 0.3) is 43.8 Å². The largest absolute Gasteiger partial charge is 0.507 e. The first-order valence-corrected chi connectivity index (χ1v) is 37.6. The standard InChI is InChI=1S/C29H22F2N2O3S.C22H16FNO5S.C19H19NO4S.C13H14BrNO4/c1-18-15-24-25(28(35)32(18)16-19-7-11-21(30)12-8-19)26(34)27(37-23-5-3-2-4-6-23)29(36)33(24)17-20-9-13-22(31)14-10-20;1-12-10-16-18(21(27)24(12)11-13-6-8-14(23)9-7-13)19(26)20(22(28)29-16)30-17-5-3-2-4-15(17)25;1-11(2)10-20-12(3)9-14-15(18(20)22)16(21)17(19(23)24-14)25-13-7-5-4-6-8-13;1-6(2)5-15-7(3)4-8-9(12(15)17)11(16)10(14)13(18)19-8/h2-15,34H,16-17H2,1H3;2-10,25-26H,11H2,1H3;4-9,11,21H,10H2,1-3H3;4,6,16H,5H2,1-3H3. The van der Waals surface area contributed by atoms with Crippen LogP contribution in [0.5, 0.6) is 28.7 Å². The van der Waals surface area contributed by atoms with E-state index >= 15 is 0 Å². The van der Waals surface area contributed by atoms with Crippen molar-refractivity contribution in [2.45, 2.75) is 117 Å². The lowest BCUT2D eigenvalue weighted by molar-refractivity contribution is 0.442. The van der Waals surface area contributed by atoms with Crippen LogP contribution in [0.3, 0.4) is 0 Å². The number of halogens is 4. The molecule has 0 amide bonds. The minimum atomic E-state index is -0.816. The summed E-state index contributed by atoms with van der Waals surface area (Å²) in [5.74, 6) is -2.25. The summed E-state index contributed by atoms with van der Waals surface area (Å²) in [4.78, 5) is 104. The topological polar surface area (TPSA) is 302 Å². The molecule has 0 aliphatic heterocycles. The Kier molecular flexibility index (Phi) is 24.9. The number of benzene rings is 6. The number of pyridine rings is 5. The summed E-state index contributed by atoms with van der Waals surface area (Å²) < 4.78 is 63.1. The highest BCUT2D eigenvalue weighted by atomic mass is 79.9. The molecule has 14 rings (SSSR count). The van der Waals surface area contributed by atoms with Gasteiger partial charge in [-0.25, -0.2) is 27.6 Å². The fraction of sp³-hybridized carbons (Fsp3) is 0.181. The summed E-state index contributed by atoms with van der Waals surface area (Å²) in [7, 11) is 0. The number of aryl methyl sites for hydroxylation is 4. The van der Waals surface area contributed by atoms with Crippen LogP contribution in [0.1, 0.15) is 67.2 Å². The zero-order chi connectivity index (χ0) is 80.0. The van der Waals surface area contributed by atoms with Gasteiger partial charge in [-0.2, -0.15) is 0 Å². The van der Waals surface area contributed by atoms with E-state index in [1.165, 1.54) is 62.2 Å². The Labute approximate surface area is 650 Å². The second-order valence-electron chi connectivity index (χ2n) is 26.6. The van der Waals surface area contributed by atoms with Gasteiger partial charge in [0, 0.05) is 63.9 Å². The van der Waals surface area contributed by atoms with E-state index in [4.69, 9.17) is 13.3 Å². The average Bonchev–Trinajstić information content (AvgIpc) is 0.751. The third kappa shape index (κ3) is 18.0. The van der Waals surface area contributed by atoms with E-state index in [0.717, 1.165) is 45.1 Å². The van der Waals surface area contributed by atoms with Crippen molar-refractivity contribution in [3.8, 4) is 28.7 Å². The summed E-state index contributed by atoms with van der Waals surface area (Å²) >= 11 is 5.89. The van der Waals surface area contributed by atoms with E-state index in [2.05, 4.69) is 15.9 Å². The quantitative estimate of drug-likeness (QED) is 0.0600. The molecule has 28 heteroatoms. The molecule has 8 aromatic heterocycles. The van der Waals surface area contributed by atoms with Crippen LogP contribution in [-0.4, -0.2) is 48.4 Å². The number of hydrogen-bond acceptors (Lipinski definition) is 19. The second-order valence-corrected chi connectivity index (χ2v) is 30.6. The molecule has 0 bridgehead atoms. The molecule has 0 fully saturated rings. The van der Waals surface area contributed by atoms with E-state index in [-0.39, 0.29) is 140 Å². The molecule has 0 radical (unpaired) electrons. The van der Waals surface area contributed by atoms with Gasteiger partial charge in [0.05, 0.1) is 30.0 Å². The van der Waals surface area contributed by atoms with Gasteiger partial charge in [0.15, 0.2) is 17.2 Å². The minimum absolute atomic E-state index is 0.00727. The zero-order valence-electron chi connectivity index (χ0n) is 60.7. The molecule has 21 nitrogen and oxygen atoms in total. The van der Waals surface area contributed by atoms with E-state index in [0.29, 0.717) is 57.5 Å². The third-order valence-electron chi connectivity index (χ3n) is 17.4. The van der Waals surface area contributed by atoms with E-state index in [1.807, 2.05) is 76.2 Å². The molecule has 111 heavy (non-hydrogen) atoms. The van der Waals surface area contributed by atoms with Crippen LogP contribution in [0.2, 0.25) is 0 Å². The number of phenols is 1. The van der Waals surface area contributed by atoms with Gasteiger partial charge in [-0.15, -0.1) is 0 Å². The van der Waals surface area contributed by atoms with Crippen LogP contribution in [0, 0.1) is 57.0 Å². The third-order valence-corrected chi connectivity index (χ3v) is 21.4. The zero-order valence-corrected chi connectivity index (χ0v) is 64.7. The Morgan fingerprint density at radius 3 is 1.13 bits per heavy atom. The van der Waals surface area contributed by atoms with Gasteiger partial charge < -0.3 is 61.6 Å². The van der Waals surface area contributed by atoms with Crippen molar-refractivity contribution in [1.29, 1.82) is 0 Å². The normalized spacial score (nSPS) is 11.3. The molecule has 6 aromatic carbocycles. The predicted molar refractivity (Wildman–Crippen MR) is 426 cm³/mol. The summed E-state index contributed by atoms with van der Waals surface area (Å²) in [5.41, 5.74) is 0.649. The molecule has 0 aliphatic carbocycles. The molecular weight excluding hydrogens is 1560 g/mol. The number of aromatic hydroxyl groups is 5. The van der Waals surface area contributed by atoms with E-state index < -0.39 is 45.1 Å². The maximum atomic E-state index is 13.8. The molecule has 5 N–H and O–H groups in total. The van der Waals surface area contributed by atoms with Gasteiger partial charge in [0.1, 0.15) is 86.4 Å². The molecule has 0 unspecified atom stereocenters. The molecule has 14 aromatic rings. The summed E-state index contributed by atoms with van der Waals surface area (Å²) in [6.07, 6.45) is 0. The fourth-order valence-electron chi connectivity index (χ4n) is 12.0. The highest BCUT2D eigenvalue weighted by Gasteiger charge is 2.26. The lowest BCUT2D eigenvalue weighted by Crippen LogP contribution is -2.29. The van der Waals surface area contributed by atoms with Gasteiger partial charge in [-0.3, -0.25) is 24.0 Å². The molecule has 8 heterocycles. The van der Waals surface area contributed by atoms with Gasteiger partial charge in [-0.1, -0.05) is 148 Å². The van der Waals surface area contributed by atoms with Crippen molar-refractivity contribution in [3.05, 3.63) is 326 Å². The van der Waals surface area contributed by atoms with Crippen LogP contribution in [0.15, 0.2) is 267 Å². The number of fused-ring (bicyclic) bond motifs is 4. The van der Waals surface area contributed by atoms with Crippen molar-refractivity contribution >= 4 is 95.0 Å². The minimum Gasteiger partial charge on any atom is -0.507 e. The van der Waals surface area contributed by atoms with Crippen LogP contribution < -0.4 is 44.7 Å². The summed E-state index contributed by atoms with van der Waals surface area (Å²) in [6, 6.07) is 48.3. The van der Waals surface area contributed by atoms with Crippen molar-refractivity contribution in [3.63, 3.8) is 0 Å². The van der Waals surface area contributed by atoms with Crippen LogP contribution >= 0.6 is 51.2 Å². The maximum Gasteiger partial charge on any atom is 0.354 e. The molecule has 0 aliphatic rings. The first-order valence-electron chi connectivity index (χ1n) is 34.4. The molecule has 0 saturated heterocycles. The Morgan fingerprint density at radius 1 is 0.369 bits per heavy atom. The van der Waals surface area contributed by atoms with Crippen LogP contribution in [0.4, 0.5) is 13.2 Å². The number of phenolic OH excluding ortho intramolecular Hbond substituents is 1. The first kappa shape index (κ1) is 80.3. The van der Waals surface area contributed by atoms with Crippen molar-refractivity contribution < 1.29 is 52.0 Å². The number of para-hydroxylation sites is 1. The smallest absolute Gasteiger partial charge is 0.354 e. The molecular formula is C83H71BrF3N5O16S3. The molecule has 570 valence electrons. The number of nitrogens with zero attached hydrogens (tertiary/aromatic N) is 5. The van der Waals surface area contributed by atoms with Gasteiger partial charge >= 0.3 is 16.9 Å². The van der Waals surface area contributed by atoms with Gasteiger partial charge in [-0.05, 0) is 151 Å². The SMILES string of the molecule is Cc1cc2c(c(O)c(Sc3ccccc3)c(=O)n2Cc2ccc(F)cc2)c(=O)n1Cc1ccc(F)cc1.Cc1cc2oc(=O)c(Br)c(O)c2c(=O)n1CC(C)C.Cc1cc2oc(=O)c(Sc3ccccc3)c(O)c2c(=O)n1CC(C)C.Cc1cc2oc(=O)c(Sc3ccccc3O)c(O)c2c(=O)n1Cc1ccc(F)cc1. The van der Waals surface area contributed by atoms with Crippen molar-refractivity contribution in [2.75, 3.05) is 0 Å². The van der Waals surface area contributed by atoms with Crippen LogP contribution in [-0.2, 0) is 32.7 Å². The van der Waals surface area contributed by atoms with Crippen molar-refractivity contribution in [2.24, 2.45) is 11.8 Å². The number of hydrogen-bond donors (Lipinski definition) is 5. The highest BCUT2D eigenvalue weighted by Crippen LogP contribution is 2.41. The monoisotopic (exact) mass is 1630 g/mol. The van der Waals surface area contributed by atoms with Gasteiger partial charge in [0.2, 0.25) is 0 Å². The fourth-order valence-corrected chi connectivity index (χ4v) is 14.9. The molecule has 0 spiro atoms. The summed E-state index contributed by atoms with van der Waals surface area (Å²) in [5, 5.41) is 52.5. The summed E-state index contributed by atoms with van der Waals surface area (Å²) in [6.45, 7) is 16.4. The predicted octanol–water partition coefficient (Wildman–Crippen LogP) is 15.9.